The maximum atomic E-state index is 11.2. The van der Waals surface area contributed by atoms with Gasteiger partial charge < -0.3 is 0 Å². The highest BCUT2D eigenvalue weighted by Crippen LogP contribution is 2.02. The van der Waals surface area contributed by atoms with E-state index in [4.69, 9.17) is 0 Å². The summed E-state index contributed by atoms with van der Waals surface area (Å²) in [5.74, 6) is 0. The Morgan fingerprint density at radius 2 is 2.25 bits per heavy atom. The summed E-state index contributed by atoms with van der Waals surface area (Å²) in [6.45, 7) is 3.69. The lowest BCUT2D eigenvalue weighted by Crippen LogP contribution is -2.02. The molecule has 0 aliphatic carbocycles. The Balaban J connectivity index is 3.05. The fourth-order valence-corrected chi connectivity index (χ4v) is 1.21. The van der Waals surface area contributed by atoms with Gasteiger partial charge >= 0.3 is 0 Å². The lowest BCUT2D eigenvalue weighted by atomic mass is 10.4. The number of aromatic nitrogens is 3. The molecule has 4 nitrogen and oxygen atoms in total. The van der Waals surface area contributed by atoms with Crippen LogP contribution in [0.15, 0.2) is 17.1 Å². The van der Waals surface area contributed by atoms with Crippen molar-refractivity contribution in [3.05, 3.63) is 33.9 Å². The van der Waals surface area contributed by atoms with Gasteiger partial charge in [0, 0.05) is 11.9 Å². The number of fused-ring (bicyclic) bond motifs is 1. The van der Waals surface area contributed by atoms with Crippen LogP contribution in [0.1, 0.15) is 11.3 Å². The van der Waals surface area contributed by atoms with Crippen molar-refractivity contribution in [1.82, 2.24) is 14.6 Å². The maximum Gasteiger partial charge on any atom is 0.269 e. The van der Waals surface area contributed by atoms with Gasteiger partial charge in [-0.2, -0.15) is 0 Å². The second-order valence-corrected chi connectivity index (χ2v) is 2.81. The molecule has 0 spiro atoms. The zero-order valence-corrected chi connectivity index (χ0v) is 6.96. The molecular formula is C8H9N3O. The summed E-state index contributed by atoms with van der Waals surface area (Å²) in [6.07, 6.45) is 1.70. The molecule has 62 valence electrons. The van der Waals surface area contributed by atoms with Crippen molar-refractivity contribution in [2.24, 2.45) is 0 Å². The number of H-pyrrole nitrogens is 1. The average molecular weight is 163 g/mol. The fourth-order valence-electron chi connectivity index (χ4n) is 1.21. The standard InChI is InChI=1S/C8H9N3O/c1-5-3-4-9-7-6(2)8(12)10-11(5)7/h3-4H,1-2H3,(H,10,12). The van der Waals surface area contributed by atoms with Crippen LogP contribution < -0.4 is 5.56 Å². The normalized spacial score (nSPS) is 10.8. The van der Waals surface area contributed by atoms with Gasteiger partial charge in [-0.3, -0.25) is 9.89 Å². The number of aromatic amines is 1. The van der Waals surface area contributed by atoms with E-state index in [1.807, 2.05) is 13.0 Å². The highest BCUT2D eigenvalue weighted by molar-refractivity contribution is 5.45. The minimum Gasteiger partial charge on any atom is -0.268 e. The topological polar surface area (TPSA) is 50.2 Å². The second-order valence-electron chi connectivity index (χ2n) is 2.81. The summed E-state index contributed by atoms with van der Waals surface area (Å²) in [5, 5.41) is 2.69. The van der Waals surface area contributed by atoms with Gasteiger partial charge in [-0.05, 0) is 19.9 Å². The van der Waals surface area contributed by atoms with Gasteiger partial charge in [0.1, 0.15) is 0 Å². The van der Waals surface area contributed by atoms with Gasteiger partial charge in [0.05, 0.1) is 5.56 Å². The SMILES string of the molecule is Cc1c(=O)[nH]n2c(C)ccnc12. The Morgan fingerprint density at radius 3 is 2.92 bits per heavy atom. The Hall–Kier alpha value is -1.58. The second kappa shape index (κ2) is 2.20. The maximum absolute atomic E-state index is 11.2. The number of nitrogens with one attached hydrogen (secondary N) is 1. The molecule has 12 heavy (non-hydrogen) atoms. The van der Waals surface area contributed by atoms with Crippen LogP contribution in [0.2, 0.25) is 0 Å². The Kier molecular flexibility index (Phi) is 1.30. The Morgan fingerprint density at radius 1 is 1.50 bits per heavy atom. The molecule has 0 atom stereocenters. The first-order chi connectivity index (χ1) is 5.70. The third kappa shape index (κ3) is 0.777. The molecule has 0 saturated heterocycles. The van der Waals surface area contributed by atoms with Gasteiger partial charge in [-0.1, -0.05) is 0 Å². The molecule has 0 amide bonds. The quantitative estimate of drug-likeness (QED) is 0.619. The van der Waals surface area contributed by atoms with Crippen LogP contribution in [0, 0.1) is 13.8 Å². The van der Waals surface area contributed by atoms with E-state index >= 15 is 0 Å². The van der Waals surface area contributed by atoms with E-state index in [1.165, 1.54) is 0 Å². The van der Waals surface area contributed by atoms with Crippen LogP contribution in [0.4, 0.5) is 0 Å². The molecule has 0 radical (unpaired) electrons. The number of nitrogens with zero attached hydrogens (tertiary/aromatic N) is 2. The predicted octanol–water partition coefficient (Wildman–Crippen LogP) is 0.639. The van der Waals surface area contributed by atoms with Crippen LogP contribution in [-0.4, -0.2) is 14.6 Å². The summed E-state index contributed by atoms with van der Waals surface area (Å²) < 4.78 is 1.69. The van der Waals surface area contributed by atoms with Gasteiger partial charge in [0.25, 0.3) is 5.56 Å². The van der Waals surface area contributed by atoms with E-state index in [0.717, 1.165) is 5.69 Å². The van der Waals surface area contributed by atoms with E-state index in [0.29, 0.717) is 11.2 Å². The fraction of sp³-hybridized carbons (Fsp3) is 0.250. The van der Waals surface area contributed by atoms with Crippen molar-refractivity contribution in [3.8, 4) is 0 Å². The van der Waals surface area contributed by atoms with Crippen molar-refractivity contribution in [1.29, 1.82) is 0 Å². The molecule has 0 fully saturated rings. The average Bonchev–Trinajstić information content (AvgIpc) is 2.32. The molecule has 0 aliphatic rings. The summed E-state index contributed by atoms with van der Waals surface area (Å²) in [4.78, 5) is 15.3. The molecule has 0 aromatic carbocycles. The predicted molar refractivity (Wildman–Crippen MR) is 45.3 cm³/mol. The van der Waals surface area contributed by atoms with Crippen molar-refractivity contribution in [3.63, 3.8) is 0 Å². The first kappa shape index (κ1) is 7.09. The molecule has 4 heteroatoms. The minimum absolute atomic E-state index is 0.0724. The van der Waals surface area contributed by atoms with Gasteiger partial charge in [0.15, 0.2) is 5.65 Å². The number of aryl methyl sites for hydroxylation is 2. The summed E-state index contributed by atoms with van der Waals surface area (Å²) >= 11 is 0. The molecule has 0 bridgehead atoms. The molecule has 2 aromatic rings. The molecule has 2 rings (SSSR count). The van der Waals surface area contributed by atoms with Crippen LogP contribution in [0.25, 0.3) is 5.65 Å². The molecular weight excluding hydrogens is 154 g/mol. The number of hydrogen-bond donors (Lipinski definition) is 1. The molecule has 0 aliphatic heterocycles. The van der Waals surface area contributed by atoms with Gasteiger partial charge in [-0.15, -0.1) is 0 Å². The number of hydrogen-bond acceptors (Lipinski definition) is 2. The number of rotatable bonds is 0. The first-order valence-electron chi connectivity index (χ1n) is 3.73. The molecule has 1 N–H and O–H groups in total. The zero-order valence-electron chi connectivity index (χ0n) is 6.96. The Bertz CT molecular complexity index is 480. The summed E-state index contributed by atoms with van der Waals surface area (Å²) in [5.41, 5.74) is 2.28. The molecule has 2 heterocycles. The van der Waals surface area contributed by atoms with E-state index in [9.17, 15) is 4.79 Å². The third-order valence-electron chi connectivity index (χ3n) is 1.97. The van der Waals surface area contributed by atoms with E-state index in [2.05, 4.69) is 10.1 Å². The molecule has 0 unspecified atom stereocenters. The van der Waals surface area contributed by atoms with Crippen LogP contribution in [0.3, 0.4) is 0 Å². The van der Waals surface area contributed by atoms with Crippen molar-refractivity contribution >= 4 is 5.65 Å². The molecule has 0 saturated carbocycles. The third-order valence-corrected chi connectivity index (χ3v) is 1.97. The van der Waals surface area contributed by atoms with Crippen molar-refractivity contribution in [2.75, 3.05) is 0 Å². The lowest BCUT2D eigenvalue weighted by Gasteiger charge is -1.96. The highest BCUT2D eigenvalue weighted by Gasteiger charge is 2.04. The highest BCUT2D eigenvalue weighted by atomic mass is 16.1. The van der Waals surface area contributed by atoms with E-state index in [1.54, 1.807) is 17.6 Å². The van der Waals surface area contributed by atoms with Crippen LogP contribution >= 0.6 is 0 Å². The van der Waals surface area contributed by atoms with Crippen molar-refractivity contribution < 1.29 is 0 Å². The summed E-state index contributed by atoms with van der Waals surface area (Å²) in [6, 6.07) is 1.85. The van der Waals surface area contributed by atoms with E-state index in [-0.39, 0.29) is 5.56 Å². The summed E-state index contributed by atoms with van der Waals surface area (Å²) in [7, 11) is 0. The minimum atomic E-state index is -0.0724. The largest absolute Gasteiger partial charge is 0.269 e. The van der Waals surface area contributed by atoms with Gasteiger partial charge in [-0.25, -0.2) is 9.50 Å². The van der Waals surface area contributed by atoms with Crippen LogP contribution in [-0.2, 0) is 0 Å². The molecule has 2 aromatic heterocycles. The lowest BCUT2D eigenvalue weighted by molar-refractivity contribution is 0.879. The zero-order chi connectivity index (χ0) is 8.72. The van der Waals surface area contributed by atoms with E-state index < -0.39 is 0 Å². The monoisotopic (exact) mass is 163 g/mol. The Labute approximate surface area is 68.8 Å². The van der Waals surface area contributed by atoms with Gasteiger partial charge in [0.2, 0.25) is 0 Å². The smallest absolute Gasteiger partial charge is 0.268 e. The van der Waals surface area contributed by atoms with Crippen LogP contribution in [0.5, 0.6) is 0 Å². The van der Waals surface area contributed by atoms with Crippen molar-refractivity contribution in [2.45, 2.75) is 13.8 Å². The first-order valence-corrected chi connectivity index (χ1v) is 3.73.